The highest BCUT2D eigenvalue weighted by atomic mass is 35.5. The molecule has 122 valence electrons. The summed E-state index contributed by atoms with van der Waals surface area (Å²) in [6, 6.07) is 4.33. The minimum Gasteiger partial charge on any atom is -0.455 e. The number of thioether (sulfide) groups is 1. The molecule has 1 aromatic carbocycles. The predicted molar refractivity (Wildman–Crippen MR) is 81.3 cm³/mol. The first-order valence-corrected chi connectivity index (χ1v) is 8.15. The van der Waals surface area contributed by atoms with Crippen LogP contribution in [0.25, 0.3) is 0 Å². The average molecular weight is 362 g/mol. The second kappa shape index (κ2) is 5.89. The Balaban J connectivity index is 2.11. The summed E-state index contributed by atoms with van der Waals surface area (Å²) >= 11 is 6.94. The number of ether oxygens (including phenoxy) is 1. The van der Waals surface area contributed by atoms with E-state index in [1.54, 1.807) is 6.26 Å². The Morgan fingerprint density at radius 3 is 2.70 bits per heavy atom. The number of pyridine rings is 1. The Kier molecular flexibility index (Phi) is 4.20. The van der Waals surface area contributed by atoms with Crippen LogP contribution in [-0.2, 0) is 0 Å². The third-order valence-corrected chi connectivity index (χ3v) is 4.57. The molecule has 1 heterocycles. The van der Waals surface area contributed by atoms with Gasteiger partial charge in [-0.3, -0.25) is 4.98 Å². The van der Waals surface area contributed by atoms with E-state index in [4.69, 9.17) is 16.3 Å². The number of alkyl halides is 3. The van der Waals surface area contributed by atoms with Gasteiger partial charge in [-0.05, 0) is 18.4 Å². The summed E-state index contributed by atoms with van der Waals surface area (Å²) in [7, 11) is 0. The molecule has 2 atom stereocenters. The van der Waals surface area contributed by atoms with Crippen LogP contribution in [0, 0.1) is 0 Å². The molecule has 3 rings (SSSR count). The van der Waals surface area contributed by atoms with Crippen molar-refractivity contribution in [1.82, 2.24) is 4.98 Å². The van der Waals surface area contributed by atoms with E-state index in [-0.39, 0.29) is 22.6 Å². The number of benzene rings is 1. The molecule has 0 bridgehead atoms. The SMILES string of the molecule is CSc1ccc(Oc2cncc(Cl)c2)c2c1C(O)C(F)(F)C2F. The fraction of sp³-hybridized carbons (Fsp3) is 0.267. The lowest BCUT2D eigenvalue weighted by Gasteiger charge is -2.16. The lowest BCUT2D eigenvalue weighted by molar-refractivity contribution is -0.143. The summed E-state index contributed by atoms with van der Waals surface area (Å²) in [6.07, 6.45) is -0.492. The molecule has 23 heavy (non-hydrogen) atoms. The van der Waals surface area contributed by atoms with E-state index < -0.39 is 18.2 Å². The first-order chi connectivity index (χ1) is 10.9. The average Bonchev–Trinajstić information content (AvgIpc) is 2.69. The van der Waals surface area contributed by atoms with E-state index in [0.29, 0.717) is 9.92 Å². The summed E-state index contributed by atoms with van der Waals surface area (Å²) in [4.78, 5) is 4.20. The van der Waals surface area contributed by atoms with Gasteiger partial charge in [0.25, 0.3) is 0 Å². The van der Waals surface area contributed by atoms with Gasteiger partial charge in [-0.2, -0.15) is 8.78 Å². The number of aromatic nitrogens is 1. The fourth-order valence-electron chi connectivity index (χ4n) is 2.51. The van der Waals surface area contributed by atoms with Crippen LogP contribution in [0.5, 0.6) is 11.5 Å². The lowest BCUT2D eigenvalue weighted by atomic mass is 10.1. The van der Waals surface area contributed by atoms with Crippen molar-refractivity contribution in [3.8, 4) is 11.5 Å². The quantitative estimate of drug-likeness (QED) is 0.786. The Labute approximate surface area is 139 Å². The molecule has 1 aliphatic rings. The number of hydrogen-bond acceptors (Lipinski definition) is 4. The molecular weight excluding hydrogens is 351 g/mol. The third-order valence-electron chi connectivity index (χ3n) is 3.56. The third kappa shape index (κ3) is 2.66. The topological polar surface area (TPSA) is 42.4 Å². The van der Waals surface area contributed by atoms with Gasteiger partial charge in [-0.25, -0.2) is 4.39 Å². The van der Waals surface area contributed by atoms with E-state index in [1.807, 2.05) is 0 Å². The smallest absolute Gasteiger partial charge is 0.312 e. The van der Waals surface area contributed by atoms with Crippen molar-refractivity contribution in [3.63, 3.8) is 0 Å². The minimum absolute atomic E-state index is 0.0920. The molecule has 0 spiro atoms. The van der Waals surface area contributed by atoms with Gasteiger partial charge in [0.2, 0.25) is 0 Å². The molecule has 0 saturated heterocycles. The monoisotopic (exact) mass is 361 g/mol. The maximum atomic E-state index is 14.3. The second-order valence-electron chi connectivity index (χ2n) is 4.97. The van der Waals surface area contributed by atoms with E-state index in [9.17, 15) is 18.3 Å². The normalized spacial score (nSPS) is 22.0. The Hall–Kier alpha value is -1.44. The van der Waals surface area contributed by atoms with E-state index in [2.05, 4.69) is 4.98 Å². The Bertz CT molecular complexity index is 759. The van der Waals surface area contributed by atoms with E-state index >= 15 is 0 Å². The molecule has 8 heteroatoms. The highest BCUT2D eigenvalue weighted by Gasteiger charge is 2.58. The zero-order valence-corrected chi connectivity index (χ0v) is 13.3. The van der Waals surface area contributed by atoms with E-state index in [1.165, 1.54) is 30.6 Å². The van der Waals surface area contributed by atoms with Crippen molar-refractivity contribution in [2.24, 2.45) is 0 Å². The van der Waals surface area contributed by atoms with Gasteiger partial charge in [0.05, 0.1) is 11.2 Å². The van der Waals surface area contributed by atoms with Crippen LogP contribution in [-0.4, -0.2) is 22.3 Å². The molecule has 3 nitrogen and oxygen atoms in total. The van der Waals surface area contributed by atoms with Crippen molar-refractivity contribution in [3.05, 3.63) is 46.7 Å². The van der Waals surface area contributed by atoms with Gasteiger partial charge in [0, 0.05) is 28.3 Å². The Morgan fingerprint density at radius 2 is 2.04 bits per heavy atom. The zero-order valence-electron chi connectivity index (χ0n) is 11.8. The molecular formula is C15H11ClF3NO2S. The highest BCUT2D eigenvalue weighted by Crippen LogP contribution is 2.57. The summed E-state index contributed by atoms with van der Waals surface area (Å²) in [5.41, 5.74) is -0.475. The first kappa shape index (κ1) is 16.4. The molecule has 0 saturated carbocycles. The molecule has 2 aromatic rings. The molecule has 0 aliphatic heterocycles. The number of halogens is 4. The van der Waals surface area contributed by atoms with Crippen molar-refractivity contribution in [1.29, 1.82) is 0 Å². The molecule has 1 N–H and O–H groups in total. The first-order valence-electron chi connectivity index (χ1n) is 6.55. The fourth-order valence-corrected chi connectivity index (χ4v) is 3.32. The standard InChI is InChI=1S/C15H11ClF3NO2S/c1-23-10-3-2-9(22-8-4-7(16)5-20-6-8)11-12(10)14(21)15(18,19)13(11)17/h2-6,13-14,21H,1H3. The van der Waals surface area contributed by atoms with Crippen LogP contribution in [0.3, 0.4) is 0 Å². The Morgan fingerprint density at radius 1 is 1.30 bits per heavy atom. The van der Waals surface area contributed by atoms with Crippen molar-refractivity contribution < 1.29 is 23.0 Å². The number of aliphatic hydroxyl groups excluding tert-OH is 1. The number of rotatable bonds is 3. The van der Waals surface area contributed by atoms with Crippen molar-refractivity contribution in [2.45, 2.75) is 23.1 Å². The summed E-state index contributed by atoms with van der Waals surface area (Å²) in [6.45, 7) is 0. The lowest BCUT2D eigenvalue weighted by Crippen LogP contribution is -2.24. The molecule has 0 amide bonds. The van der Waals surface area contributed by atoms with Crippen molar-refractivity contribution >= 4 is 23.4 Å². The summed E-state index contributed by atoms with van der Waals surface area (Å²) < 4.78 is 47.5. The number of nitrogens with zero attached hydrogens (tertiary/aromatic N) is 1. The van der Waals surface area contributed by atoms with Crippen LogP contribution in [0.1, 0.15) is 23.4 Å². The second-order valence-corrected chi connectivity index (χ2v) is 6.26. The number of hydrogen-bond donors (Lipinski definition) is 1. The minimum atomic E-state index is -3.90. The van der Waals surface area contributed by atoms with Gasteiger partial charge in [0.1, 0.15) is 17.6 Å². The van der Waals surface area contributed by atoms with Crippen LogP contribution in [0.15, 0.2) is 35.5 Å². The van der Waals surface area contributed by atoms with Crippen molar-refractivity contribution in [2.75, 3.05) is 6.26 Å². The van der Waals surface area contributed by atoms with E-state index in [0.717, 1.165) is 11.8 Å². The van der Waals surface area contributed by atoms with Crippen LogP contribution in [0.4, 0.5) is 13.2 Å². The molecule has 0 radical (unpaired) electrons. The van der Waals surface area contributed by atoms with Gasteiger partial charge in [0.15, 0.2) is 6.17 Å². The van der Waals surface area contributed by atoms with Crippen LogP contribution >= 0.6 is 23.4 Å². The molecule has 1 aliphatic carbocycles. The van der Waals surface area contributed by atoms with Crippen LogP contribution < -0.4 is 4.74 Å². The summed E-state index contributed by atoms with van der Waals surface area (Å²) in [5.74, 6) is -3.81. The molecule has 1 aromatic heterocycles. The van der Waals surface area contributed by atoms with Gasteiger partial charge >= 0.3 is 5.92 Å². The predicted octanol–water partition coefficient (Wildman–Crippen LogP) is 4.94. The summed E-state index contributed by atoms with van der Waals surface area (Å²) in [5, 5.41) is 10.1. The van der Waals surface area contributed by atoms with Gasteiger partial charge in [-0.15, -0.1) is 11.8 Å². The molecule has 0 fully saturated rings. The maximum absolute atomic E-state index is 14.3. The maximum Gasteiger partial charge on any atom is 0.312 e. The number of aliphatic hydroxyl groups is 1. The zero-order chi connectivity index (χ0) is 16.8. The number of fused-ring (bicyclic) bond motifs is 1. The largest absolute Gasteiger partial charge is 0.455 e. The van der Waals surface area contributed by atoms with Gasteiger partial charge in [-0.1, -0.05) is 11.6 Å². The highest BCUT2D eigenvalue weighted by molar-refractivity contribution is 7.98. The van der Waals surface area contributed by atoms with Gasteiger partial charge < -0.3 is 9.84 Å². The molecule has 2 unspecified atom stereocenters. The van der Waals surface area contributed by atoms with Crippen LogP contribution in [0.2, 0.25) is 5.02 Å².